The van der Waals surface area contributed by atoms with Gasteiger partial charge in [-0.25, -0.2) is 0 Å². The van der Waals surface area contributed by atoms with Crippen molar-refractivity contribution in [3.63, 3.8) is 0 Å². The Morgan fingerprint density at radius 3 is 2.53 bits per heavy atom. The summed E-state index contributed by atoms with van der Waals surface area (Å²) in [5.74, 6) is -0.0184. The maximum Gasteiger partial charge on any atom is 0.324 e. The van der Waals surface area contributed by atoms with Crippen LogP contribution in [-0.4, -0.2) is 39.3 Å². The van der Waals surface area contributed by atoms with E-state index in [1.54, 1.807) is 24.9 Å². The van der Waals surface area contributed by atoms with Crippen LogP contribution in [0.25, 0.3) is 0 Å². The second-order valence-electron chi connectivity index (χ2n) is 5.64. The monoisotopic (exact) mass is 267 g/mol. The molecule has 1 heterocycles. The quantitative estimate of drug-likeness (QED) is 0.820. The van der Waals surface area contributed by atoms with E-state index >= 15 is 0 Å². The number of likely N-dealkylation sites (N-methyl/N-ethyl adjacent to an activating group) is 1. The van der Waals surface area contributed by atoms with Crippen molar-refractivity contribution >= 4 is 5.97 Å². The number of carboxylic acids is 1. The van der Waals surface area contributed by atoms with E-state index in [2.05, 4.69) is 10.2 Å². The maximum absolute atomic E-state index is 11.3. The minimum absolute atomic E-state index is 0.0599. The first-order valence-corrected chi connectivity index (χ1v) is 6.10. The van der Waals surface area contributed by atoms with E-state index in [0.29, 0.717) is 18.3 Å². The average molecular weight is 267 g/mol. The minimum atomic E-state index is -0.903. The van der Waals surface area contributed by atoms with Crippen LogP contribution in [0.15, 0.2) is 16.6 Å². The van der Waals surface area contributed by atoms with Gasteiger partial charge in [0.05, 0.1) is 6.54 Å². The molecule has 1 rings (SSSR count). The van der Waals surface area contributed by atoms with Gasteiger partial charge in [-0.3, -0.25) is 9.69 Å². The zero-order valence-corrected chi connectivity index (χ0v) is 12.0. The average Bonchev–Trinajstić information content (AvgIpc) is 2.61. The number of aryl methyl sites for hydroxylation is 1. The summed E-state index contributed by atoms with van der Waals surface area (Å²) in [5, 5.41) is 16.8. The third-order valence-corrected chi connectivity index (χ3v) is 2.46. The van der Waals surface area contributed by atoms with Crippen LogP contribution in [0.3, 0.4) is 0 Å². The molecule has 1 aromatic heterocycles. The van der Waals surface area contributed by atoms with Gasteiger partial charge in [-0.2, -0.15) is 0 Å². The molecule has 0 aromatic carbocycles. The van der Waals surface area contributed by atoms with Crippen molar-refractivity contribution < 1.29 is 14.3 Å². The largest absolute Gasteiger partial charge is 0.480 e. The van der Waals surface area contributed by atoms with Gasteiger partial charge in [0, 0.05) is 6.92 Å². The maximum atomic E-state index is 11.3. The van der Waals surface area contributed by atoms with Crippen LogP contribution in [0.4, 0.5) is 0 Å². The van der Waals surface area contributed by atoms with Gasteiger partial charge in [0.25, 0.3) is 0 Å². The first kappa shape index (κ1) is 15.4. The van der Waals surface area contributed by atoms with Gasteiger partial charge in [0.2, 0.25) is 11.8 Å². The molecular formula is C13H21N3O3. The fourth-order valence-electron chi connectivity index (χ4n) is 1.51. The second-order valence-corrected chi connectivity index (χ2v) is 5.64. The van der Waals surface area contributed by atoms with Gasteiger partial charge in [0.15, 0.2) is 0 Å². The van der Waals surface area contributed by atoms with E-state index in [1.165, 1.54) is 0 Å². The zero-order chi connectivity index (χ0) is 14.6. The van der Waals surface area contributed by atoms with E-state index < -0.39 is 12.0 Å². The van der Waals surface area contributed by atoms with Crippen molar-refractivity contribution in [2.24, 2.45) is 5.41 Å². The first-order valence-electron chi connectivity index (χ1n) is 6.10. The molecule has 1 unspecified atom stereocenters. The topological polar surface area (TPSA) is 79.5 Å². The van der Waals surface area contributed by atoms with E-state index in [-0.39, 0.29) is 5.41 Å². The molecule has 1 aromatic rings. The van der Waals surface area contributed by atoms with E-state index in [1.807, 2.05) is 26.8 Å². The van der Waals surface area contributed by atoms with Crippen molar-refractivity contribution in [1.82, 2.24) is 15.1 Å². The number of carbonyl (C=O) groups is 1. The summed E-state index contributed by atoms with van der Waals surface area (Å²) < 4.78 is 5.25. The Kier molecular flexibility index (Phi) is 4.83. The molecule has 0 spiro atoms. The smallest absolute Gasteiger partial charge is 0.324 e. The lowest BCUT2D eigenvalue weighted by Gasteiger charge is -2.21. The molecule has 0 amide bonds. The Labute approximate surface area is 113 Å². The molecule has 6 nitrogen and oxygen atoms in total. The van der Waals surface area contributed by atoms with Crippen LogP contribution in [-0.2, 0) is 11.3 Å². The number of aromatic nitrogens is 2. The van der Waals surface area contributed by atoms with Crippen LogP contribution in [0.2, 0.25) is 0 Å². The van der Waals surface area contributed by atoms with Crippen LogP contribution >= 0.6 is 0 Å². The highest BCUT2D eigenvalue weighted by atomic mass is 16.4. The lowest BCUT2D eigenvalue weighted by atomic mass is 9.95. The SMILES string of the molecule is Cc1nnc(CN(C)C(/C=C/C(C)(C)C)C(=O)O)o1. The highest BCUT2D eigenvalue weighted by Crippen LogP contribution is 2.16. The van der Waals surface area contributed by atoms with Crippen molar-refractivity contribution in [2.75, 3.05) is 7.05 Å². The molecule has 0 aliphatic carbocycles. The van der Waals surface area contributed by atoms with Gasteiger partial charge in [-0.1, -0.05) is 32.9 Å². The number of aliphatic carboxylic acids is 1. The summed E-state index contributed by atoms with van der Waals surface area (Å²) in [6.45, 7) is 8.05. The summed E-state index contributed by atoms with van der Waals surface area (Å²) in [6.07, 6.45) is 3.58. The molecule has 1 N–H and O–H groups in total. The Balaban J connectivity index is 2.76. The summed E-state index contributed by atoms with van der Waals surface area (Å²) in [4.78, 5) is 12.9. The lowest BCUT2D eigenvalue weighted by Crippen LogP contribution is -2.36. The van der Waals surface area contributed by atoms with Crippen LogP contribution < -0.4 is 0 Å². The molecule has 106 valence electrons. The number of hydrogen-bond acceptors (Lipinski definition) is 5. The van der Waals surface area contributed by atoms with Crippen molar-refractivity contribution in [3.8, 4) is 0 Å². The highest BCUT2D eigenvalue weighted by Gasteiger charge is 2.22. The van der Waals surface area contributed by atoms with E-state index in [4.69, 9.17) is 4.42 Å². The molecule has 0 fully saturated rings. The van der Waals surface area contributed by atoms with E-state index in [0.717, 1.165) is 0 Å². The molecule has 0 aliphatic heterocycles. The normalized spacial score (nSPS) is 14.2. The van der Waals surface area contributed by atoms with Crippen LogP contribution in [0.1, 0.15) is 32.6 Å². The zero-order valence-electron chi connectivity index (χ0n) is 12.0. The van der Waals surface area contributed by atoms with Gasteiger partial charge in [-0.15, -0.1) is 10.2 Å². The highest BCUT2D eigenvalue weighted by molar-refractivity contribution is 5.75. The third-order valence-electron chi connectivity index (χ3n) is 2.46. The number of allylic oxidation sites excluding steroid dienone is 1. The predicted octanol–water partition coefficient (Wildman–Crippen LogP) is 1.87. The fourth-order valence-corrected chi connectivity index (χ4v) is 1.51. The standard InChI is InChI=1S/C13H21N3O3/c1-9-14-15-11(19-9)8-16(5)10(12(17)18)6-7-13(2,3)4/h6-7,10H,8H2,1-5H3,(H,17,18)/b7-6+. The summed E-state index contributed by atoms with van der Waals surface area (Å²) in [7, 11) is 1.71. The van der Waals surface area contributed by atoms with Gasteiger partial charge in [-0.05, 0) is 12.5 Å². The van der Waals surface area contributed by atoms with Gasteiger partial charge < -0.3 is 9.52 Å². The molecule has 19 heavy (non-hydrogen) atoms. The summed E-state index contributed by atoms with van der Waals surface area (Å²) >= 11 is 0. The Morgan fingerprint density at radius 2 is 2.11 bits per heavy atom. The van der Waals surface area contributed by atoms with E-state index in [9.17, 15) is 9.90 Å². The van der Waals surface area contributed by atoms with Crippen molar-refractivity contribution in [1.29, 1.82) is 0 Å². The van der Waals surface area contributed by atoms with Crippen LogP contribution in [0.5, 0.6) is 0 Å². The fraction of sp³-hybridized carbons (Fsp3) is 0.615. The molecule has 1 atom stereocenters. The molecule has 0 saturated heterocycles. The lowest BCUT2D eigenvalue weighted by molar-refractivity contribution is -0.141. The molecule has 0 bridgehead atoms. The minimum Gasteiger partial charge on any atom is -0.480 e. The Morgan fingerprint density at radius 1 is 1.47 bits per heavy atom. The van der Waals surface area contributed by atoms with Gasteiger partial charge in [0.1, 0.15) is 6.04 Å². The molecule has 0 radical (unpaired) electrons. The molecule has 0 saturated carbocycles. The summed E-state index contributed by atoms with van der Waals surface area (Å²) in [6, 6.07) is -0.716. The summed E-state index contributed by atoms with van der Waals surface area (Å²) in [5.41, 5.74) is -0.0599. The number of nitrogens with zero attached hydrogens (tertiary/aromatic N) is 3. The number of carboxylic acid groups (broad SMARTS) is 1. The Hall–Kier alpha value is -1.69. The Bertz CT molecular complexity index is 460. The van der Waals surface area contributed by atoms with Crippen molar-refractivity contribution in [2.45, 2.75) is 40.3 Å². The van der Waals surface area contributed by atoms with Crippen molar-refractivity contribution in [3.05, 3.63) is 23.9 Å². The first-order chi connectivity index (χ1) is 8.69. The molecular weight excluding hydrogens is 246 g/mol. The predicted molar refractivity (Wildman–Crippen MR) is 70.5 cm³/mol. The van der Waals surface area contributed by atoms with Crippen LogP contribution in [0, 0.1) is 12.3 Å². The molecule has 6 heteroatoms. The second kappa shape index (κ2) is 5.97. The third kappa shape index (κ3) is 5.21. The molecule has 0 aliphatic rings. The van der Waals surface area contributed by atoms with Gasteiger partial charge >= 0.3 is 5.97 Å². The number of hydrogen-bond donors (Lipinski definition) is 1. The number of rotatable bonds is 5.